The van der Waals surface area contributed by atoms with Crippen LogP contribution in [0, 0.1) is 0 Å². The number of amides is 3. The van der Waals surface area contributed by atoms with Gasteiger partial charge in [-0.3, -0.25) is 25.2 Å². The molecule has 0 bridgehead atoms. The van der Waals surface area contributed by atoms with Crippen LogP contribution in [0.3, 0.4) is 0 Å². The van der Waals surface area contributed by atoms with E-state index in [1.165, 1.54) is 0 Å². The standard InChI is InChI=1S/C17H20N4O3/c1-2-10-18-15(22)7-8-16(23)19-20-17(24)12-21-11-9-13-5-3-4-6-14(13)21/h2-6,9,11H,1,7-8,10,12H2,(H,18,22)(H,19,23)(H,20,24). The summed E-state index contributed by atoms with van der Waals surface area (Å²) >= 11 is 0. The van der Waals surface area contributed by atoms with Crippen LogP contribution in [-0.2, 0) is 20.9 Å². The number of benzene rings is 1. The highest BCUT2D eigenvalue weighted by molar-refractivity contribution is 5.86. The lowest BCUT2D eigenvalue weighted by Gasteiger charge is -2.09. The first-order valence-corrected chi connectivity index (χ1v) is 7.59. The van der Waals surface area contributed by atoms with Gasteiger partial charge in [0.15, 0.2) is 0 Å². The average Bonchev–Trinajstić information content (AvgIpc) is 2.99. The van der Waals surface area contributed by atoms with Crippen molar-refractivity contribution in [3.05, 3.63) is 49.2 Å². The van der Waals surface area contributed by atoms with Gasteiger partial charge in [0.25, 0.3) is 5.91 Å². The van der Waals surface area contributed by atoms with Crippen LogP contribution in [0.2, 0.25) is 0 Å². The van der Waals surface area contributed by atoms with Crippen LogP contribution in [0.5, 0.6) is 0 Å². The van der Waals surface area contributed by atoms with Crippen LogP contribution in [0.25, 0.3) is 10.9 Å². The van der Waals surface area contributed by atoms with Gasteiger partial charge in [0.1, 0.15) is 6.54 Å². The Bertz CT molecular complexity index is 751. The molecule has 0 fully saturated rings. The van der Waals surface area contributed by atoms with Crippen molar-refractivity contribution in [1.82, 2.24) is 20.7 Å². The minimum Gasteiger partial charge on any atom is -0.353 e. The zero-order valence-electron chi connectivity index (χ0n) is 13.2. The van der Waals surface area contributed by atoms with E-state index in [2.05, 4.69) is 22.7 Å². The van der Waals surface area contributed by atoms with E-state index in [9.17, 15) is 14.4 Å². The minimum atomic E-state index is -0.422. The fraction of sp³-hybridized carbons (Fsp3) is 0.235. The molecule has 0 saturated heterocycles. The molecule has 126 valence electrons. The molecule has 0 aliphatic carbocycles. The zero-order valence-corrected chi connectivity index (χ0v) is 13.2. The van der Waals surface area contributed by atoms with Crippen LogP contribution < -0.4 is 16.2 Å². The number of hydrazine groups is 1. The topological polar surface area (TPSA) is 92.2 Å². The van der Waals surface area contributed by atoms with E-state index in [1.807, 2.05) is 36.5 Å². The lowest BCUT2D eigenvalue weighted by molar-refractivity contribution is -0.130. The monoisotopic (exact) mass is 328 g/mol. The molecule has 0 aliphatic rings. The summed E-state index contributed by atoms with van der Waals surface area (Å²) in [4.78, 5) is 34.9. The van der Waals surface area contributed by atoms with Crippen molar-refractivity contribution in [3.63, 3.8) is 0 Å². The summed E-state index contributed by atoms with van der Waals surface area (Å²) < 4.78 is 1.79. The number of carbonyl (C=O) groups is 3. The van der Waals surface area contributed by atoms with Crippen molar-refractivity contribution in [3.8, 4) is 0 Å². The Morgan fingerprint density at radius 3 is 2.50 bits per heavy atom. The molecule has 0 unspecified atom stereocenters. The second-order valence-corrected chi connectivity index (χ2v) is 5.19. The number of hydrogen-bond acceptors (Lipinski definition) is 3. The highest BCUT2D eigenvalue weighted by atomic mass is 16.2. The van der Waals surface area contributed by atoms with Gasteiger partial charge in [-0.1, -0.05) is 24.3 Å². The number of carbonyl (C=O) groups excluding carboxylic acids is 3. The van der Waals surface area contributed by atoms with Crippen LogP contribution in [-0.4, -0.2) is 28.8 Å². The van der Waals surface area contributed by atoms with Crippen molar-refractivity contribution in [2.24, 2.45) is 0 Å². The van der Waals surface area contributed by atoms with Gasteiger partial charge < -0.3 is 9.88 Å². The maximum absolute atomic E-state index is 11.9. The number of nitrogens with one attached hydrogen (secondary N) is 3. The number of fused-ring (bicyclic) bond motifs is 1. The maximum Gasteiger partial charge on any atom is 0.258 e. The summed E-state index contributed by atoms with van der Waals surface area (Å²) in [7, 11) is 0. The Kier molecular flexibility index (Phi) is 6.13. The van der Waals surface area contributed by atoms with Crippen molar-refractivity contribution in [2.75, 3.05) is 6.54 Å². The molecular weight excluding hydrogens is 308 g/mol. The summed E-state index contributed by atoms with van der Waals surface area (Å²) in [5, 5.41) is 3.61. The summed E-state index contributed by atoms with van der Waals surface area (Å²) in [6.45, 7) is 3.94. The highest BCUT2D eigenvalue weighted by Gasteiger charge is 2.09. The number of para-hydroxylation sites is 1. The van der Waals surface area contributed by atoms with Gasteiger partial charge in [0.2, 0.25) is 11.8 Å². The van der Waals surface area contributed by atoms with E-state index >= 15 is 0 Å². The van der Waals surface area contributed by atoms with Gasteiger partial charge >= 0.3 is 0 Å². The van der Waals surface area contributed by atoms with E-state index in [1.54, 1.807) is 10.6 Å². The van der Waals surface area contributed by atoms with Gasteiger partial charge in [-0.25, -0.2) is 0 Å². The van der Waals surface area contributed by atoms with Gasteiger partial charge in [0.05, 0.1) is 0 Å². The predicted molar refractivity (Wildman–Crippen MR) is 90.7 cm³/mol. The molecule has 1 heterocycles. The highest BCUT2D eigenvalue weighted by Crippen LogP contribution is 2.14. The third-order valence-electron chi connectivity index (χ3n) is 3.36. The molecule has 3 N–H and O–H groups in total. The van der Waals surface area contributed by atoms with Crippen molar-refractivity contribution in [2.45, 2.75) is 19.4 Å². The Labute approximate surface area is 139 Å². The lowest BCUT2D eigenvalue weighted by Crippen LogP contribution is -2.43. The Balaban J connectivity index is 1.74. The number of aromatic nitrogens is 1. The fourth-order valence-electron chi connectivity index (χ4n) is 2.18. The van der Waals surface area contributed by atoms with Gasteiger partial charge in [0, 0.05) is 31.1 Å². The molecule has 1 aromatic heterocycles. The Hall–Kier alpha value is -3.09. The van der Waals surface area contributed by atoms with E-state index in [4.69, 9.17) is 0 Å². The molecule has 0 radical (unpaired) electrons. The van der Waals surface area contributed by atoms with E-state index in [-0.39, 0.29) is 31.2 Å². The fourth-order valence-corrected chi connectivity index (χ4v) is 2.18. The van der Waals surface area contributed by atoms with E-state index < -0.39 is 5.91 Å². The third-order valence-corrected chi connectivity index (χ3v) is 3.36. The quantitative estimate of drug-likeness (QED) is 0.520. The first kappa shape index (κ1) is 17.3. The smallest absolute Gasteiger partial charge is 0.258 e. The van der Waals surface area contributed by atoms with Crippen LogP contribution in [0.4, 0.5) is 0 Å². The third kappa shape index (κ3) is 4.98. The first-order chi connectivity index (χ1) is 11.6. The predicted octanol–water partition coefficient (Wildman–Crippen LogP) is 0.871. The average molecular weight is 328 g/mol. The number of rotatable bonds is 7. The summed E-state index contributed by atoms with van der Waals surface area (Å²) in [6, 6.07) is 9.63. The normalized spacial score (nSPS) is 10.2. The van der Waals surface area contributed by atoms with Crippen LogP contribution >= 0.6 is 0 Å². The lowest BCUT2D eigenvalue weighted by atomic mass is 10.2. The molecule has 0 atom stereocenters. The number of nitrogens with zero attached hydrogens (tertiary/aromatic N) is 1. The van der Waals surface area contributed by atoms with Gasteiger partial charge in [-0.15, -0.1) is 6.58 Å². The Morgan fingerprint density at radius 2 is 1.71 bits per heavy atom. The second kappa shape index (κ2) is 8.52. The minimum absolute atomic E-state index is 0.00426. The molecule has 3 amide bonds. The van der Waals surface area contributed by atoms with Crippen molar-refractivity contribution in [1.29, 1.82) is 0 Å². The van der Waals surface area contributed by atoms with Gasteiger partial charge in [-0.2, -0.15) is 0 Å². The summed E-state index contributed by atoms with van der Waals surface area (Å²) in [6.07, 6.45) is 3.42. The van der Waals surface area contributed by atoms with Gasteiger partial charge in [-0.05, 0) is 17.5 Å². The molecule has 7 heteroatoms. The first-order valence-electron chi connectivity index (χ1n) is 7.59. The second-order valence-electron chi connectivity index (χ2n) is 5.19. The van der Waals surface area contributed by atoms with Crippen molar-refractivity contribution >= 4 is 28.6 Å². The summed E-state index contributed by atoms with van der Waals surface area (Å²) in [5.41, 5.74) is 5.59. The molecule has 1 aromatic carbocycles. The Morgan fingerprint density at radius 1 is 1.00 bits per heavy atom. The van der Waals surface area contributed by atoms with E-state index in [0.717, 1.165) is 10.9 Å². The molecular formula is C17H20N4O3. The van der Waals surface area contributed by atoms with Crippen LogP contribution in [0.1, 0.15) is 12.8 Å². The molecule has 0 saturated carbocycles. The molecule has 0 spiro atoms. The van der Waals surface area contributed by atoms with Crippen LogP contribution in [0.15, 0.2) is 49.2 Å². The summed E-state index contributed by atoms with van der Waals surface area (Å²) in [5.74, 6) is -1.01. The maximum atomic E-state index is 11.9. The molecule has 0 aliphatic heterocycles. The number of hydrogen-bond donors (Lipinski definition) is 3. The molecule has 2 rings (SSSR count). The molecule has 2 aromatic rings. The zero-order chi connectivity index (χ0) is 17.4. The van der Waals surface area contributed by atoms with Crippen molar-refractivity contribution < 1.29 is 14.4 Å². The SMILES string of the molecule is C=CCNC(=O)CCC(=O)NNC(=O)Cn1ccc2ccccc21. The van der Waals surface area contributed by atoms with E-state index in [0.29, 0.717) is 6.54 Å². The largest absolute Gasteiger partial charge is 0.353 e. The molecule has 24 heavy (non-hydrogen) atoms. The molecule has 7 nitrogen and oxygen atoms in total.